The first-order valence-electron chi connectivity index (χ1n) is 13.7. The fourth-order valence-corrected chi connectivity index (χ4v) is 5.31. The van der Waals surface area contributed by atoms with Crippen LogP contribution >= 0.6 is 23.2 Å². The zero-order valence-corrected chi connectivity index (χ0v) is 24.5. The van der Waals surface area contributed by atoms with E-state index in [2.05, 4.69) is 10.3 Å². The lowest BCUT2D eigenvalue weighted by molar-refractivity contribution is 0.120. The Morgan fingerprint density at radius 2 is 1.76 bits per heavy atom. The predicted octanol–water partition coefficient (Wildman–Crippen LogP) is 6.50. The Balaban J connectivity index is 1.33. The van der Waals surface area contributed by atoms with Crippen molar-refractivity contribution in [3.8, 4) is 11.5 Å². The third-order valence-electron chi connectivity index (χ3n) is 7.02. The van der Waals surface area contributed by atoms with Gasteiger partial charge in [-0.15, -0.1) is 0 Å². The fraction of sp³-hybridized carbons (Fsp3) is 0.290. The molecule has 0 bridgehead atoms. The van der Waals surface area contributed by atoms with E-state index in [1.807, 2.05) is 42.5 Å². The number of hydrogen-bond acceptors (Lipinski definition) is 6. The van der Waals surface area contributed by atoms with Gasteiger partial charge in [0.2, 0.25) is 0 Å². The Morgan fingerprint density at radius 3 is 2.50 bits per heavy atom. The van der Waals surface area contributed by atoms with Gasteiger partial charge in [-0.25, -0.2) is 9.59 Å². The van der Waals surface area contributed by atoms with Crippen molar-refractivity contribution in [3.63, 3.8) is 0 Å². The second-order valence-electron chi connectivity index (χ2n) is 9.84. The molecular weight excluding hydrogens is 581 g/mol. The van der Waals surface area contributed by atoms with E-state index in [1.165, 1.54) is 0 Å². The molecule has 3 N–H and O–H groups in total. The SMILES string of the molecule is CCOC(=O)NCC(O)CCOc1ccc([C@H]2c3[nH]c4ccc(Cl)cc4c3CCN2C(=O)Oc2ccc(Cl)cc2)cc1. The first-order valence-corrected chi connectivity index (χ1v) is 14.4. The number of aromatic nitrogens is 1. The molecule has 9 nitrogen and oxygen atoms in total. The number of nitrogens with one attached hydrogen (secondary N) is 2. The summed E-state index contributed by atoms with van der Waals surface area (Å²) in [4.78, 5) is 30.1. The molecule has 0 radical (unpaired) electrons. The van der Waals surface area contributed by atoms with Gasteiger partial charge in [0.05, 0.1) is 19.3 Å². The highest BCUT2D eigenvalue weighted by Crippen LogP contribution is 2.40. The van der Waals surface area contributed by atoms with E-state index in [-0.39, 0.29) is 19.8 Å². The summed E-state index contributed by atoms with van der Waals surface area (Å²) < 4.78 is 16.3. The monoisotopic (exact) mass is 611 g/mol. The van der Waals surface area contributed by atoms with Crippen LogP contribution in [-0.2, 0) is 11.2 Å². The summed E-state index contributed by atoms with van der Waals surface area (Å²) in [7, 11) is 0. The molecular formula is C31H31Cl2N3O6. The smallest absolute Gasteiger partial charge is 0.416 e. The van der Waals surface area contributed by atoms with Gasteiger partial charge in [0.1, 0.15) is 17.5 Å². The van der Waals surface area contributed by atoms with Crippen molar-refractivity contribution in [2.45, 2.75) is 31.9 Å². The summed E-state index contributed by atoms with van der Waals surface area (Å²) in [5.74, 6) is 1.01. The lowest BCUT2D eigenvalue weighted by atomic mass is 9.92. The molecule has 5 rings (SSSR count). The molecule has 0 spiro atoms. The average Bonchev–Trinajstić information content (AvgIpc) is 3.35. The summed E-state index contributed by atoms with van der Waals surface area (Å²) in [5, 5.41) is 14.8. The molecule has 42 heavy (non-hydrogen) atoms. The second-order valence-corrected chi connectivity index (χ2v) is 10.7. The Bertz CT molecular complexity index is 1540. The quantitative estimate of drug-likeness (QED) is 0.199. The number of rotatable bonds is 9. The maximum Gasteiger partial charge on any atom is 0.416 e. The molecule has 1 aromatic heterocycles. The fourth-order valence-electron chi connectivity index (χ4n) is 5.01. The number of aromatic amines is 1. The number of halogens is 2. The zero-order valence-electron chi connectivity index (χ0n) is 22.9. The molecule has 220 valence electrons. The first-order chi connectivity index (χ1) is 20.3. The molecule has 2 heterocycles. The van der Waals surface area contributed by atoms with Crippen LogP contribution in [0, 0.1) is 0 Å². The highest BCUT2D eigenvalue weighted by atomic mass is 35.5. The Morgan fingerprint density at radius 1 is 1.05 bits per heavy atom. The topological polar surface area (TPSA) is 113 Å². The standard InChI is InChI=1S/C31H31Cl2N3O6/c1-2-40-30(38)34-18-22(37)14-16-41-23-8-3-19(4-9-23)29-28-25(26-17-21(33)7-12-27(26)35-28)13-15-36(29)31(39)42-24-10-5-20(32)6-11-24/h3-12,17,22,29,35,37H,2,13-16,18H2,1H3,(H,34,38)/t22?,29-/m0/s1. The van der Waals surface area contributed by atoms with Gasteiger partial charge in [0.25, 0.3) is 0 Å². The number of nitrogens with zero attached hydrogens (tertiary/aromatic N) is 1. The third kappa shape index (κ3) is 6.92. The third-order valence-corrected chi connectivity index (χ3v) is 7.50. The van der Waals surface area contributed by atoms with Crippen molar-refractivity contribution >= 4 is 46.3 Å². The van der Waals surface area contributed by atoms with Gasteiger partial charge in [0.15, 0.2) is 0 Å². The predicted molar refractivity (Wildman–Crippen MR) is 161 cm³/mol. The van der Waals surface area contributed by atoms with Crippen LogP contribution in [0.1, 0.15) is 36.2 Å². The summed E-state index contributed by atoms with van der Waals surface area (Å²) in [6.07, 6.45) is -0.859. The molecule has 0 fully saturated rings. The lowest BCUT2D eigenvalue weighted by Crippen LogP contribution is -2.42. The number of aliphatic hydroxyl groups is 1. The van der Waals surface area contributed by atoms with E-state index in [4.69, 9.17) is 37.4 Å². The summed E-state index contributed by atoms with van der Waals surface area (Å²) >= 11 is 12.3. The normalized spacial score (nSPS) is 15.1. The molecule has 1 aliphatic rings. The second kappa shape index (κ2) is 13.4. The van der Waals surface area contributed by atoms with Crippen molar-refractivity contribution in [3.05, 3.63) is 93.6 Å². The minimum absolute atomic E-state index is 0.0722. The van der Waals surface area contributed by atoms with Crippen LogP contribution in [-0.4, -0.2) is 59.6 Å². The van der Waals surface area contributed by atoms with Crippen molar-refractivity contribution in [2.24, 2.45) is 0 Å². The minimum Gasteiger partial charge on any atom is -0.493 e. The molecule has 4 aromatic rings. The molecule has 0 aliphatic carbocycles. The Labute approximate surface area is 253 Å². The van der Waals surface area contributed by atoms with E-state index in [0.717, 1.165) is 27.7 Å². The average molecular weight is 613 g/mol. The van der Waals surface area contributed by atoms with Crippen LogP contribution in [0.4, 0.5) is 9.59 Å². The maximum atomic E-state index is 13.5. The van der Waals surface area contributed by atoms with E-state index in [0.29, 0.717) is 40.9 Å². The number of benzene rings is 3. The summed E-state index contributed by atoms with van der Waals surface area (Å²) in [5.41, 5.74) is 3.82. The Kier molecular flexibility index (Phi) is 9.41. The molecule has 2 atom stereocenters. The van der Waals surface area contributed by atoms with Gasteiger partial charge in [-0.1, -0.05) is 35.3 Å². The first kappa shape index (κ1) is 29.6. The number of carbonyl (C=O) groups is 2. The van der Waals surface area contributed by atoms with Crippen molar-refractivity contribution in [1.82, 2.24) is 15.2 Å². The number of alkyl carbamates (subject to hydrolysis) is 1. The van der Waals surface area contributed by atoms with Crippen LogP contribution in [0.5, 0.6) is 11.5 Å². The van der Waals surface area contributed by atoms with Gasteiger partial charge >= 0.3 is 12.2 Å². The van der Waals surface area contributed by atoms with Gasteiger partial charge < -0.3 is 29.6 Å². The van der Waals surface area contributed by atoms with Crippen LogP contribution in [0.15, 0.2) is 66.7 Å². The van der Waals surface area contributed by atoms with Gasteiger partial charge in [-0.05, 0) is 79.1 Å². The maximum absolute atomic E-state index is 13.5. The molecule has 0 saturated heterocycles. The molecule has 11 heteroatoms. The van der Waals surface area contributed by atoms with Gasteiger partial charge in [0, 0.05) is 46.2 Å². The van der Waals surface area contributed by atoms with Crippen molar-refractivity contribution in [1.29, 1.82) is 0 Å². The van der Waals surface area contributed by atoms with Crippen LogP contribution in [0.2, 0.25) is 10.0 Å². The minimum atomic E-state index is -0.773. The number of ether oxygens (including phenoxy) is 3. The van der Waals surface area contributed by atoms with Crippen LogP contribution in [0.25, 0.3) is 10.9 Å². The highest BCUT2D eigenvalue weighted by Gasteiger charge is 2.35. The zero-order chi connectivity index (χ0) is 29.6. The number of H-pyrrole nitrogens is 1. The van der Waals surface area contributed by atoms with Gasteiger partial charge in [-0.2, -0.15) is 0 Å². The lowest BCUT2D eigenvalue weighted by Gasteiger charge is -2.35. The molecule has 1 unspecified atom stereocenters. The Hall–Kier alpha value is -3.92. The molecule has 1 aliphatic heterocycles. The number of aliphatic hydroxyl groups excluding tert-OH is 1. The largest absolute Gasteiger partial charge is 0.493 e. The van der Waals surface area contributed by atoms with E-state index in [9.17, 15) is 14.7 Å². The number of fused-ring (bicyclic) bond motifs is 3. The summed E-state index contributed by atoms with van der Waals surface area (Å²) in [6, 6.07) is 19.4. The highest BCUT2D eigenvalue weighted by molar-refractivity contribution is 6.31. The van der Waals surface area contributed by atoms with Crippen molar-refractivity contribution in [2.75, 3.05) is 26.3 Å². The van der Waals surface area contributed by atoms with Crippen LogP contribution < -0.4 is 14.8 Å². The van der Waals surface area contributed by atoms with Gasteiger partial charge in [-0.3, -0.25) is 4.90 Å². The molecule has 0 saturated carbocycles. The van der Waals surface area contributed by atoms with Crippen LogP contribution in [0.3, 0.4) is 0 Å². The van der Waals surface area contributed by atoms with E-state index >= 15 is 0 Å². The number of hydrogen-bond donors (Lipinski definition) is 3. The van der Waals surface area contributed by atoms with E-state index < -0.39 is 24.3 Å². The number of amides is 2. The molecule has 3 aromatic carbocycles. The van der Waals surface area contributed by atoms with Crippen molar-refractivity contribution < 1.29 is 28.9 Å². The van der Waals surface area contributed by atoms with E-state index in [1.54, 1.807) is 36.1 Å². The molecule has 2 amide bonds. The summed E-state index contributed by atoms with van der Waals surface area (Å²) in [6.45, 7) is 2.74. The number of carbonyl (C=O) groups excluding carboxylic acids is 2.